The van der Waals surface area contributed by atoms with E-state index in [2.05, 4.69) is 63.1 Å². The van der Waals surface area contributed by atoms with Crippen molar-refractivity contribution < 1.29 is 4.79 Å². The Hall–Kier alpha value is -1.55. The van der Waals surface area contributed by atoms with Gasteiger partial charge in [0.15, 0.2) is 0 Å². The van der Waals surface area contributed by atoms with Crippen molar-refractivity contribution in [3.63, 3.8) is 0 Å². The van der Waals surface area contributed by atoms with Crippen LogP contribution in [0.5, 0.6) is 0 Å². The van der Waals surface area contributed by atoms with Gasteiger partial charge in [0.2, 0.25) is 0 Å². The van der Waals surface area contributed by atoms with Crippen molar-refractivity contribution in [3.05, 3.63) is 29.3 Å². The van der Waals surface area contributed by atoms with Crippen molar-refractivity contribution in [2.45, 2.75) is 77.8 Å². The number of nitrogens with two attached hydrogens (primary N) is 1. The number of hydrogen-bond acceptors (Lipinski definition) is 3. The monoisotopic (exact) mass is 317 g/mol. The number of nitrogens with one attached hydrogen (secondary N) is 1. The minimum Gasteiger partial charge on any atom is -0.354 e. The molecule has 0 aliphatic carbocycles. The van der Waals surface area contributed by atoms with Crippen LogP contribution >= 0.6 is 0 Å². The van der Waals surface area contributed by atoms with Gasteiger partial charge < -0.3 is 4.90 Å². The Morgan fingerprint density at radius 1 is 1.48 bits per heavy atom. The molecule has 4 heteroatoms. The Labute approximate surface area is 140 Å². The molecule has 0 unspecified atom stereocenters. The lowest BCUT2D eigenvalue weighted by atomic mass is 9.77. The standard InChI is InChI=1S/C19H31N3O/c1-6-7-11-16(18(23)21-20)22-17-13(2)9-8-10-15(17)14(3)12-19(22,4)5/h8-10,14,16H,6-7,11-12,20H2,1-5H3,(H,21,23)/t14-,16+/m1/s1. The average molecular weight is 317 g/mol. The number of nitrogens with zero attached hydrogens (tertiary/aromatic N) is 1. The van der Waals surface area contributed by atoms with Crippen LogP contribution in [0.15, 0.2) is 18.2 Å². The molecule has 2 atom stereocenters. The maximum atomic E-state index is 12.5. The molecule has 0 saturated carbocycles. The van der Waals surface area contributed by atoms with E-state index in [0.717, 1.165) is 25.7 Å². The lowest BCUT2D eigenvalue weighted by Crippen LogP contribution is -2.59. The largest absolute Gasteiger partial charge is 0.354 e. The number of amides is 1. The number of benzene rings is 1. The number of fused-ring (bicyclic) bond motifs is 1. The zero-order valence-corrected chi connectivity index (χ0v) is 15.1. The molecule has 1 aliphatic rings. The van der Waals surface area contributed by atoms with E-state index in [-0.39, 0.29) is 17.5 Å². The first-order chi connectivity index (χ1) is 10.8. The molecule has 0 fully saturated rings. The van der Waals surface area contributed by atoms with Crippen LogP contribution in [0.25, 0.3) is 0 Å². The van der Waals surface area contributed by atoms with Crippen LogP contribution < -0.4 is 16.2 Å². The lowest BCUT2D eigenvalue weighted by Gasteiger charge is -2.51. The fourth-order valence-electron chi connectivity index (χ4n) is 4.12. The summed E-state index contributed by atoms with van der Waals surface area (Å²) >= 11 is 0. The van der Waals surface area contributed by atoms with Crippen molar-refractivity contribution in [2.24, 2.45) is 5.84 Å². The van der Waals surface area contributed by atoms with Crippen LogP contribution in [0.1, 0.15) is 70.4 Å². The summed E-state index contributed by atoms with van der Waals surface area (Å²) in [7, 11) is 0. The highest BCUT2D eigenvalue weighted by molar-refractivity contribution is 5.86. The van der Waals surface area contributed by atoms with Gasteiger partial charge in [0.1, 0.15) is 6.04 Å². The van der Waals surface area contributed by atoms with E-state index < -0.39 is 0 Å². The van der Waals surface area contributed by atoms with Crippen molar-refractivity contribution in [2.75, 3.05) is 4.90 Å². The van der Waals surface area contributed by atoms with E-state index in [9.17, 15) is 4.79 Å². The maximum Gasteiger partial charge on any atom is 0.256 e. The molecular weight excluding hydrogens is 286 g/mol. The highest BCUT2D eigenvalue weighted by atomic mass is 16.2. The molecule has 23 heavy (non-hydrogen) atoms. The summed E-state index contributed by atoms with van der Waals surface area (Å²) in [5.41, 5.74) is 6.11. The summed E-state index contributed by atoms with van der Waals surface area (Å²) in [6.07, 6.45) is 3.94. The van der Waals surface area contributed by atoms with E-state index >= 15 is 0 Å². The molecule has 0 saturated heterocycles. The summed E-state index contributed by atoms with van der Waals surface area (Å²) in [5, 5.41) is 0. The van der Waals surface area contributed by atoms with Gasteiger partial charge in [-0.25, -0.2) is 5.84 Å². The van der Waals surface area contributed by atoms with Crippen LogP contribution in [-0.2, 0) is 4.79 Å². The molecule has 3 N–H and O–H groups in total. The van der Waals surface area contributed by atoms with E-state index in [1.807, 2.05) is 0 Å². The van der Waals surface area contributed by atoms with Gasteiger partial charge in [-0.1, -0.05) is 44.9 Å². The third-order valence-corrected chi connectivity index (χ3v) is 5.09. The van der Waals surface area contributed by atoms with Gasteiger partial charge in [-0.15, -0.1) is 0 Å². The van der Waals surface area contributed by atoms with E-state index in [4.69, 9.17) is 5.84 Å². The zero-order valence-electron chi connectivity index (χ0n) is 15.1. The fraction of sp³-hybridized carbons (Fsp3) is 0.632. The number of carbonyl (C=O) groups is 1. The molecule has 0 radical (unpaired) electrons. The Morgan fingerprint density at radius 2 is 2.17 bits per heavy atom. The first-order valence-corrected chi connectivity index (χ1v) is 8.72. The van der Waals surface area contributed by atoms with Crippen molar-refractivity contribution in [1.82, 2.24) is 5.43 Å². The number of carbonyl (C=O) groups excluding carboxylic acids is 1. The minimum absolute atomic E-state index is 0.0799. The number of hydrogen-bond donors (Lipinski definition) is 2. The molecule has 0 aromatic heterocycles. The topological polar surface area (TPSA) is 58.4 Å². The molecular formula is C19H31N3O. The quantitative estimate of drug-likeness (QED) is 0.495. The number of unbranched alkanes of at least 4 members (excludes halogenated alkanes) is 1. The van der Waals surface area contributed by atoms with Gasteiger partial charge >= 0.3 is 0 Å². The molecule has 128 valence electrons. The third-order valence-electron chi connectivity index (χ3n) is 5.09. The van der Waals surface area contributed by atoms with E-state index in [1.54, 1.807) is 0 Å². The number of rotatable bonds is 5. The lowest BCUT2D eigenvalue weighted by molar-refractivity contribution is -0.123. The minimum atomic E-state index is -0.220. The van der Waals surface area contributed by atoms with Crippen molar-refractivity contribution in [3.8, 4) is 0 Å². The Morgan fingerprint density at radius 3 is 2.78 bits per heavy atom. The van der Waals surface area contributed by atoms with E-state index in [0.29, 0.717) is 5.92 Å². The second-order valence-corrected chi connectivity index (χ2v) is 7.47. The Bertz CT molecular complexity index is 568. The smallest absolute Gasteiger partial charge is 0.256 e. The Balaban J connectivity index is 2.56. The van der Waals surface area contributed by atoms with Crippen molar-refractivity contribution >= 4 is 11.6 Å². The third kappa shape index (κ3) is 3.37. The highest BCUT2D eigenvalue weighted by Gasteiger charge is 2.42. The molecule has 4 nitrogen and oxygen atoms in total. The predicted molar refractivity (Wildman–Crippen MR) is 96.4 cm³/mol. The van der Waals surface area contributed by atoms with Crippen LogP contribution in [0.2, 0.25) is 0 Å². The first kappa shape index (κ1) is 17.8. The van der Waals surface area contributed by atoms with Gasteiger partial charge in [0, 0.05) is 11.2 Å². The second kappa shape index (κ2) is 6.91. The summed E-state index contributed by atoms with van der Waals surface area (Å²) in [6.45, 7) is 11.0. The van der Waals surface area contributed by atoms with Crippen LogP contribution in [0, 0.1) is 6.92 Å². The molecule has 2 rings (SSSR count). The maximum absolute atomic E-state index is 12.5. The molecule has 1 aromatic carbocycles. The normalized spacial score (nSPS) is 20.8. The van der Waals surface area contributed by atoms with Crippen LogP contribution in [0.4, 0.5) is 5.69 Å². The molecule has 1 aromatic rings. The van der Waals surface area contributed by atoms with Gasteiger partial charge in [0.25, 0.3) is 5.91 Å². The fourth-order valence-corrected chi connectivity index (χ4v) is 4.12. The summed E-state index contributed by atoms with van der Waals surface area (Å²) < 4.78 is 0. The van der Waals surface area contributed by atoms with E-state index in [1.165, 1.54) is 16.8 Å². The number of aryl methyl sites for hydroxylation is 1. The average Bonchev–Trinajstić information content (AvgIpc) is 2.49. The molecule has 0 spiro atoms. The first-order valence-electron chi connectivity index (χ1n) is 8.72. The molecule has 0 bridgehead atoms. The highest BCUT2D eigenvalue weighted by Crippen LogP contribution is 2.46. The van der Waals surface area contributed by atoms with Gasteiger partial charge in [-0.05, 0) is 50.7 Å². The molecule has 1 aliphatic heterocycles. The van der Waals surface area contributed by atoms with Gasteiger partial charge in [-0.2, -0.15) is 0 Å². The zero-order chi connectivity index (χ0) is 17.2. The number of para-hydroxylation sites is 1. The van der Waals surface area contributed by atoms with Crippen LogP contribution in [0.3, 0.4) is 0 Å². The van der Waals surface area contributed by atoms with Crippen LogP contribution in [-0.4, -0.2) is 17.5 Å². The van der Waals surface area contributed by atoms with Gasteiger partial charge in [0.05, 0.1) is 0 Å². The Kier molecular flexibility index (Phi) is 5.35. The predicted octanol–water partition coefficient (Wildman–Crippen LogP) is 3.64. The second-order valence-electron chi connectivity index (χ2n) is 7.47. The van der Waals surface area contributed by atoms with Crippen molar-refractivity contribution in [1.29, 1.82) is 0 Å². The molecule has 1 amide bonds. The summed E-state index contributed by atoms with van der Waals surface area (Å²) in [6, 6.07) is 6.23. The van der Waals surface area contributed by atoms with Gasteiger partial charge in [-0.3, -0.25) is 10.2 Å². The summed E-state index contributed by atoms with van der Waals surface area (Å²) in [4.78, 5) is 14.9. The summed E-state index contributed by atoms with van der Waals surface area (Å²) in [5.74, 6) is 5.90. The molecule has 1 heterocycles. The number of hydrazine groups is 1. The SMILES string of the molecule is CCCC[C@@H](C(=O)NN)N1c2c(C)cccc2[C@H](C)CC1(C)C. The number of anilines is 1.